The number of fused-ring (bicyclic) bond motifs is 1. The molecule has 6 nitrogen and oxygen atoms in total. The van der Waals surface area contributed by atoms with Gasteiger partial charge in [-0.15, -0.1) is 0 Å². The Bertz CT molecular complexity index is 332. The zero-order valence-electron chi connectivity index (χ0n) is 11.1. The predicted octanol–water partition coefficient (Wildman–Crippen LogP) is 0.219. The van der Waals surface area contributed by atoms with Crippen molar-refractivity contribution in [3.63, 3.8) is 0 Å². The first kappa shape index (κ1) is 13.9. The average Bonchev–Trinajstić information content (AvgIpc) is 2.51. The van der Waals surface area contributed by atoms with E-state index in [0.717, 1.165) is 0 Å². The van der Waals surface area contributed by atoms with E-state index in [1.165, 1.54) is 13.8 Å². The number of rotatable bonds is 3. The predicted molar refractivity (Wildman–Crippen MR) is 60.8 cm³/mol. The van der Waals surface area contributed by atoms with Crippen LogP contribution < -0.4 is 0 Å². The SMILES string of the molecule is CC(C)(O)OC[C@@H]1OC[C@@H]2OC(C)(C)O[C@@H]2C1=O. The van der Waals surface area contributed by atoms with E-state index in [1.807, 2.05) is 0 Å². The third kappa shape index (κ3) is 3.07. The van der Waals surface area contributed by atoms with Gasteiger partial charge in [0.05, 0.1) is 13.2 Å². The van der Waals surface area contributed by atoms with Crippen molar-refractivity contribution in [2.75, 3.05) is 13.2 Å². The molecule has 0 aliphatic carbocycles. The first-order chi connectivity index (χ1) is 8.18. The van der Waals surface area contributed by atoms with Crippen molar-refractivity contribution < 1.29 is 28.8 Å². The number of ketones is 1. The molecule has 0 bridgehead atoms. The number of hydrogen-bond donors (Lipinski definition) is 1. The summed E-state index contributed by atoms with van der Waals surface area (Å²) in [5.41, 5.74) is 0. The van der Waals surface area contributed by atoms with Crippen LogP contribution in [-0.4, -0.2) is 54.0 Å². The molecule has 1 N–H and O–H groups in total. The zero-order valence-corrected chi connectivity index (χ0v) is 11.1. The fourth-order valence-corrected chi connectivity index (χ4v) is 2.08. The van der Waals surface area contributed by atoms with Gasteiger partial charge in [0.25, 0.3) is 0 Å². The van der Waals surface area contributed by atoms with Gasteiger partial charge in [-0.2, -0.15) is 0 Å². The summed E-state index contributed by atoms with van der Waals surface area (Å²) in [5.74, 6) is -2.24. The van der Waals surface area contributed by atoms with Crippen LogP contribution in [0.15, 0.2) is 0 Å². The van der Waals surface area contributed by atoms with Gasteiger partial charge < -0.3 is 24.1 Å². The first-order valence-corrected chi connectivity index (χ1v) is 6.05. The molecule has 2 aliphatic rings. The Hall–Kier alpha value is -0.530. The van der Waals surface area contributed by atoms with Crippen LogP contribution in [0.2, 0.25) is 0 Å². The van der Waals surface area contributed by atoms with Gasteiger partial charge in [-0.05, 0) is 27.7 Å². The molecule has 6 heteroatoms. The lowest BCUT2D eigenvalue weighted by Gasteiger charge is -2.30. The molecule has 3 atom stereocenters. The molecular weight excluding hydrogens is 240 g/mol. The summed E-state index contributed by atoms with van der Waals surface area (Å²) in [5, 5.41) is 9.46. The molecule has 0 amide bonds. The first-order valence-electron chi connectivity index (χ1n) is 6.05. The summed E-state index contributed by atoms with van der Waals surface area (Å²) in [6.45, 7) is 6.83. The minimum atomic E-state index is -1.28. The summed E-state index contributed by atoms with van der Waals surface area (Å²) in [4.78, 5) is 12.1. The maximum atomic E-state index is 12.1. The number of carbonyl (C=O) groups excluding carboxylic acids is 1. The Labute approximate surface area is 106 Å². The molecule has 2 aliphatic heterocycles. The van der Waals surface area contributed by atoms with Crippen LogP contribution in [0.4, 0.5) is 0 Å². The highest BCUT2D eigenvalue weighted by molar-refractivity contribution is 5.89. The Balaban J connectivity index is 1.96. The molecule has 18 heavy (non-hydrogen) atoms. The van der Waals surface area contributed by atoms with Gasteiger partial charge in [0.1, 0.15) is 12.2 Å². The highest BCUT2D eigenvalue weighted by atomic mass is 16.8. The Kier molecular flexibility index (Phi) is 3.50. The van der Waals surface area contributed by atoms with Gasteiger partial charge in [0.2, 0.25) is 0 Å². The molecule has 0 aromatic heterocycles. The molecule has 0 spiro atoms. The third-order valence-electron chi connectivity index (χ3n) is 2.83. The molecule has 2 saturated heterocycles. The van der Waals surface area contributed by atoms with Gasteiger partial charge in [-0.3, -0.25) is 4.79 Å². The highest BCUT2D eigenvalue weighted by Gasteiger charge is 2.50. The highest BCUT2D eigenvalue weighted by Crippen LogP contribution is 2.32. The van der Waals surface area contributed by atoms with E-state index in [2.05, 4.69) is 0 Å². The van der Waals surface area contributed by atoms with Crippen LogP contribution in [-0.2, 0) is 23.7 Å². The van der Waals surface area contributed by atoms with E-state index in [-0.39, 0.29) is 18.5 Å². The zero-order chi connectivity index (χ0) is 13.6. The fraction of sp³-hybridized carbons (Fsp3) is 0.917. The molecule has 2 heterocycles. The van der Waals surface area contributed by atoms with Crippen molar-refractivity contribution in [2.45, 2.75) is 57.6 Å². The lowest BCUT2D eigenvalue weighted by atomic mass is 10.0. The van der Waals surface area contributed by atoms with Crippen LogP contribution in [0.5, 0.6) is 0 Å². The van der Waals surface area contributed by atoms with Crippen molar-refractivity contribution in [2.24, 2.45) is 0 Å². The molecule has 0 saturated carbocycles. The van der Waals surface area contributed by atoms with E-state index in [9.17, 15) is 9.90 Å². The maximum Gasteiger partial charge on any atom is 0.195 e. The number of hydrogen-bond acceptors (Lipinski definition) is 6. The molecule has 2 fully saturated rings. The van der Waals surface area contributed by atoms with E-state index < -0.39 is 23.8 Å². The Morgan fingerprint density at radius 2 is 2.11 bits per heavy atom. The Morgan fingerprint density at radius 1 is 1.44 bits per heavy atom. The van der Waals surface area contributed by atoms with Crippen molar-refractivity contribution in [3.05, 3.63) is 0 Å². The van der Waals surface area contributed by atoms with E-state index in [1.54, 1.807) is 13.8 Å². The van der Waals surface area contributed by atoms with Gasteiger partial charge in [0.15, 0.2) is 23.5 Å². The average molecular weight is 260 g/mol. The summed E-state index contributed by atoms with van der Waals surface area (Å²) < 4.78 is 21.7. The van der Waals surface area contributed by atoms with E-state index in [4.69, 9.17) is 18.9 Å². The second-order valence-electron chi connectivity index (χ2n) is 5.58. The van der Waals surface area contributed by atoms with Crippen LogP contribution in [0.25, 0.3) is 0 Å². The largest absolute Gasteiger partial charge is 0.366 e. The van der Waals surface area contributed by atoms with Gasteiger partial charge in [-0.25, -0.2) is 0 Å². The minimum absolute atomic E-state index is 0.00927. The van der Waals surface area contributed by atoms with Gasteiger partial charge >= 0.3 is 0 Å². The lowest BCUT2D eigenvalue weighted by Crippen LogP contribution is -2.50. The van der Waals surface area contributed by atoms with Crippen LogP contribution in [0.3, 0.4) is 0 Å². The van der Waals surface area contributed by atoms with Crippen molar-refractivity contribution in [1.29, 1.82) is 0 Å². The quantitative estimate of drug-likeness (QED) is 0.732. The number of Topliss-reactive ketones (excluding diaryl/α,β-unsaturated/α-hetero) is 1. The molecule has 0 aromatic carbocycles. The van der Waals surface area contributed by atoms with Crippen LogP contribution in [0.1, 0.15) is 27.7 Å². The second kappa shape index (κ2) is 4.54. The second-order valence-corrected chi connectivity index (χ2v) is 5.58. The van der Waals surface area contributed by atoms with Crippen LogP contribution in [0, 0.1) is 0 Å². The van der Waals surface area contributed by atoms with Crippen molar-refractivity contribution in [3.8, 4) is 0 Å². The monoisotopic (exact) mass is 260 g/mol. The van der Waals surface area contributed by atoms with Crippen LogP contribution >= 0.6 is 0 Å². The molecule has 104 valence electrons. The number of aliphatic hydroxyl groups is 1. The topological polar surface area (TPSA) is 74.2 Å². The summed E-state index contributed by atoms with van der Waals surface area (Å²) in [7, 11) is 0. The van der Waals surface area contributed by atoms with Crippen molar-refractivity contribution >= 4 is 5.78 Å². The van der Waals surface area contributed by atoms with Gasteiger partial charge in [-0.1, -0.05) is 0 Å². The van der Waals surface area contributed by atoms with Crippen molar-refractivity contribution in [1.82, 2.24) is 0 Å². The summed E-state index contributed by atoms with van der Waals surface area (Å²) in [6.07, 6.45) is -1.68. The summed E-state index contributed by atoms with van der Waals surface area (Å²) in [6, 6.07) is 0. The Morgan fingerprint density at radius 3 is 2.72 bits per heavy atom. The van der Waals surface area contributed by atoms with Gasteiger partial charge in [0, 0.05) is 0 Å². The fourth-order valence-electron chi connectivity index (χ4n) is 2.08. The lowest BCUT2D eigenvalue weighted by molar-refractivity contribution is -0.203. The molecule has 0 radical (unpaired) electrons. The molecule has 0 aromatic rings. The molecular formula is C12H20O6. The smallest absolute Gasteiger partial charge is 0.195 e. The maximum absolute atomic E-state index is 12.1. The molecule has 2 rings (SSSR count). The van der Waals surface area contributed by atoms with E-state index >= 15 is 0 Å². The normalized spacial score (nSPS) is 35.6. The third-order valence-corrected chi connectivity index (χ3v) is 2.83. The minimum Gasteiger partial charge on any atom is -0.366 e. The number of carbonyl (C=O) groups is 1. The summed E-state index contributed by atoms with van der Waals surface area (Å²) >= 11 is 0. The number of ether oxygens (including phenoxy) is 4. The molecule has 0 unspecified atom stereocenters. The van der Waals surface area contributed by atoms with E-state index in [0.29, 0.717) is 6.61 Å². The standard InChI is InChI=1S/C12H20O6/c1-11(2,14)16-6-7-9(13)10-8(5-15-7)17-12(3,4)18-10/h7-8,10,14H,5-6H2,1-4H3/t7-,8-,10-/m0/s1.